The Kier molecular flexibility index (Phi) is 4.37. The van der Waals surface area contributed by atoms with Crippen LogP contribution in [0.25, 0.3) is 0 Å². The van der Waals surface area contributed by atoms with Crippen molar-refractivity contribution in [3.8, 4) is 0 Å². The number of nitrogen functional groups attached to an aromatic ring is 1. The van der Waals surface area contributed by atoms with Gasteiger partial charge in [-0.3, -0.25) is 0 Å². The van der Waals surface area contributed by atoms with Crippen molar-refractivity contribution in [3.63, 3.8) is 0 Å². The molecule has 0 radical (unpaired) electrons. The first kappa shape index (κ1) is 13.8. The lowest BCUT2D eigenvalue weighted by molar-refractivity contribution is 0.678. The molecule has 102 valence electrons. The van der Waals surface area contributed by atoms with Crippen molar-refractivity contribution in [1.82, 2.24) is 9.36 Å². The molecule has 1 aromatic carbocycles. The summed E-state index contributed by atoms with van der Waals surface area (Å²) in [5.41, 5.74) is 7.74. The van der Waals surface area contributed by atoms with Crippen LogP contribution in [0, 0.1) is 0 Å². The van der Waals surface area contributed by atoms with Crippen LogP contribution in [0.4, 0.5) is 10.8 Å². The smallest absolute Gasteiger partial charge is 0.205 e. The number of nitrogens with two attached hydrogens (primary N) is 1. The highest BCUT2D eigenvalue weighted by Crippen LogP contribution is 2.22. The van der Waals surface area contributed by atoms with Gasteiger partial charge in [0.2, 0.25) is 5.13 Å². The average Bonchev–Trinajstić information content (AvgIpc) is 2.86. The third kappa shape index (κ3) is 3.44. The second kappa shape index (κ2) is 6.02. The van der Waals surface area contributed by atoms with Gasteiger partial charge in [-0.15, -0.1) is 0 Å². The molecular formula is C14H20N4S. The minimum Gasteiger partial charge on any atom is -0.399 e. The van der Waals surface area contributed by atoms with Crippen LogP contribution in [-0.2, 0) is 13.0 Å². The van der Waals surface area contributed by atoms with Gasteiger partial charge in [-0.25, -0.2) is 4.98 Å². The van der Waals surface area contributed by atoms with Crippen LogP contribution in [0.3, 0.4) is 0 Å². The molecule has 2 N–H and O–H groups in total. The summed E-state index contributed by atoms with van der Waals surface area (Å²) in [6.45, 7) is 7.25. The Labute approximate surface area is 118 Å². The fourth-order valence-corrected chi connectivity index (χ4v) is 2.68. The number of aryl methyl sites for hydroxylation is 1. The van der Waals surface area contributed by atoms with Gasteiger partial charge in [-0.05, 0) is 31.5 Å². The summed E-state index contributed by atoms with van der Waals surface area (Å²) in [5, 5.41) is 0.990. The number of rotatable bonds is 5. The molecule has 0 saturated carbocycles. The van der Waals surface area contributed by atoms with Gasteiger partial charge in [-0.1, -0.05) is 19.1 Å². The van der Waals surface area contributed by atoms with E-state index in [1.54, 1.807) is 0 Å². The van der Waals surface area contributed by atoms with E-state index in [2.05, 4.69) is 47.2 Å². The van der Waals surface area contributed by atoms with Crippen LogP contribution in [0.15, 0.2) is 24.3 Å². The second-order valence-corrected chi connectivity index (χ2v) is 5.54. The quantitative estimate of drug-likeness (QED) is 0.853. The van der Waals surface area contributed by atoms with Gasteiger partial charge >= 0.3 is 0 Å². The van der Waals surface area contributed by atoms with E-state index < -0.39 is 0 Å². The number of hydrogen-bond donors (Lipinski definition) is 1. The predicted octanol–water partition coefficient (Wildman–Crippen LogP) is 3.10. The van der Waals surface area contributed by atoms with Gasteiger partial charge in [-0.2, -0.15) is 4.37 Å². The monoisotopic (exact) mass is 276 g/mol. The molecule has 0 saturated heterocycles. The molecule has 1 heterocycles. The zero-order valence-electron chi connectivity index (χ0n) is 11.6. The topological polar surface area (TPSA) is 55.0 Å². The zero-order valence-corrected chi connectivity index (χ0v) is 12.4. The minimum absolute atomic E-state index is 0.384. The van der Waals surface area contributed by atoms with E-state index in [0.717, 1.165) is 29.6 Å². The maximum Gasteiger partial charge on any atom is 0.205 e. The van der Waals surface area contributed by atoms with E-state index in [1.807, 2.05) is 12.1 Å². The van der Waals surface area contributed by atoms with Gasteiger partial charge in [0.25, 0.3) is 0 Å². The Morgan fingerprint density at radius 2 is 1.95 bits per heavy atom. The van der Waals surface area contributed by atoms with Crippen LogP contribution in [-0.4, -0.2) is 15.4 Å². The van der Waals surface area contributed by atoms with Crippen molar-refractivity contribution in [3.05, 3.63) is 35.7 Å². The fraction of sp³-hybridized carbons (Fsp3) is 0.429. The maximum atomic E-state index is 5.72. The highest BCUT2D eigenvalue weighted by molar-refractivity contribution is 7.09. The summed E-state index contributed by atoms with van der Waals surface area (Å²) >= 11 is 1.47. The summed E-state index contributed by atoms with van der Waals surface area (Å²) in [4.78, 5) is 6.84. The van der Waals surface area contributed by atoms with E-state index in [-0.39, 0.29) is 0 Å². The van der Waals surface area contributed by atoms with E-state index in [9.17, 15) is 0 Å². The van der Waals surface area contributed by atoms with Crippen LogP contribution in [0.1, 0.15) is 32.2 Å². The molecule has 0 unspecified atom stereocenters. The van der Waals surface area contributed by atoms with Gasteiger partial charge in [0, 0.05) is 36.2 Å². The van der Waals surface area contributed by atoms with E-state index in [1.165, 1.54) is 17.1 Å². The molecular weight excluding hydrogens is 256 g/mol. The van der Waals surface area contributed by atoms with Gasteiger partial charge in [0.05, 0.1) is 0 Å². The first-order valence-corrected chi connectivity index (χ1v) is 7.31. The Bertz CT molecular complexity index is 518. The second-order valence-electron chi connectivity index (χ2n) is 4.81. The standard InChI is InChI=1S/C14H20N4S/c1-4-13-16-14(19-17-13)18(10(2)3)9-11-5-7-12(15)8-6-11/h5-8,10H,4,9,15H2,1-3H3. The first-order chi connectivity index (χ1) is 9.10. The highest BCUT2D eigenvalue weighted by Gasteiger charge is 2.15. The number of benzene rings is 1. The lowest BCUT2D eigenvalue weighted by atomic mass is 10.2. The van der Waals surface area contributed by atoms with Crippen LogP contribution < -0.4 is 10.6 Å². The first-order valence-electron chi connectivity index (χ1n) is 6.53. The Hall–Kier alpha value is -1.62. The molecule has 2 rings (SSSR count). The zero-order chi connectivity index (χ0) is 13.8. The van der Waals surface area contributed by atoms with Crippen molar-refractivity contribution in [1.29, 1.82) is 0 Å². The summed E-state index contributed by atoms with van der Waals surface area (Å²) in [6, 6.07) is 8.38. The molecule has 0 aliphatic heterocycles. The largest absolute Gasteiger partial charge is 0.399 e. The average molecular weight is 276 g/mol. The molecule has 0 fully saturated rings. The number of aromatic nitrogens is 2. The van der Waals surface area contributed by atoms with E-state index >= 15 is 0 Å². The molecule has 2 aromatic rings. The van der Waals surface area contributed by atoms with Gasteiger partial charge in [0.15, 0.2) is 0 Å². The third-order valence-electron chi connectivity index (χ3n) is 2.98. The predicted molar refractivity (Wildman–Crippen MR) is 81.5 cm³/mol. The van der Waals surface area contributed by atoms with Crippen molar-refractivity contribution < 1.29 is 0 Å². The van der Waals surface area contributed by atoms with Crippen LogP contribution >= 0.6 is 11.5 Å². The van der Waals surface area contributed by atoms with Crippen molar-refractivity contribution in [2.75, 3.05) is 10.6 Å². The number of hydrogen-bond acceptors (Lipinski definition) is 5. The molecule has 0 spiro atoms. The summed E-state index contributed by atoms with van der Waals surface area (Å²) in [5.74, 6) is 0.919. The molecule has 4 nitrogen and oxygen atoms in total. The molecule has 19 heavy (non-hydrogen) atoms. The molecule has 0 atom stereocenters. The lowest BCUT2D eigenvalue weighted by Crippen LogP contribution is -2.30. The maximum absolute atomic E-state index is 5.72. The molecule has 0 aliphatic rings. The van der Waals surface area contributed by atoms with Crippen molar-refractivity contribution >= 4 is 22.4 Å². The van der Waals surface area contributed by atoms with Crippen LogP contribution in [0.5, 0.6) is 0 Å². The molecule has 0 bridgehead atoms. The Morgan fingerprint density at radius 1 is 1.26 bits per heavy atom. The normalized spacial score (nSPS) is 10.9. The Morgan fingerprint density at radius 3 is 2.47 bits per heavy atom. The third-order valence-corrected chi connectivity index (χ3v) is 3.77. The summed E-state index contributed by atoms with van der Waals surface area (Å²) in [7, 11) is 0. The Balaban J connectivity index is 2.18. The lowest BCUT2D eigenvalue weighted by Gasteiger charge is -2.25. The molecule has 0 amide bonds. The minimum atomic E-state index is 0.384. The van der Waals surface area contributed by atoms with Crippen molar-refractivity contribution in [2.24, 2.45) is 0 Å². The molecule has 0 aliphatic carbocycles. The van der Waals surface area contributed by atoms with Crippen LogP contribution in [0.2, 0.25) is 0 Å². The summed E-state index contributed by atoms with van der Waals surface area (Å²) < 4.78 is 4.36. The SMILES string of the molecule is CCc1nsc(N(Cc2ccc(N)cc2)C(C)C)n1. The van der Waals surface area contributed by atoms with E-state index in [4.69, 9.17) is 5.73 Å². The number of anilines is 2. The molecule has 1 aromatic heterocycles. The molecule has 5 heteroatoms. The van der Waals surface area contributed by atoms with E-state index in [0.29, 0.717) is 6.04 Å². The van der Waals surface area contributed by atoms with Gasteiger partial charge < -0.3 is 10.6 Å². The van der Waals surface area contributed by atoms with Crippen molar-refractivity contribution in [2.45, 2.75) is 39.8 Å². The fourth-order valence-electron chi connectivity index (χ4n) is 1.80. The highest BCUT2D eigenvalue weighted by atomic mass is 32.1. The summed E-state index contributed by atoms with van der Waals surface area (Å²) in [6.07, 6.45) is 0.879. The number of nitrogens with zero attached hydrogens (tertiary/aromatic N) is 3. The van der Waals surface area contributed by atoms with Gasteiger partial charge in [0.1, 0.15) is 5.82 Å².